The summed E-state index contributed by atoms with van der Waals surface area (Å²) in [5.74, 6) is 1.31. The number of piperidine rings is 1. The monoisotopic (exact) mass is 298 g/mol. The van der Waals surface area contributed by atoms with Gasteiger partial charge in [0.2, 0.25) is 0 Å². The Labute approximate surface area is 126 Å². The third kappa shape index (κ3) is 3.01. The summed E-state index contributed by atoms with van der Waals surface area (Å²) >= 11 is 0. The van der Waals surface area contributed by atoms with E-state index in [4.69, 9.17) is 4.42 Å². The fourth-order valence-electron chi connectivity index (χ4n) is 3.41. The SMILES string of the molecule is CCc1oc(C(=O)NC2CC3CCC(C2)N3)cc1C.Cl. The summed E-state index contributed by atoms with van der Waals surface area (Å²) in [7, 11) is 0. The third-order valence-electron chi connectivity index (χ3n) is 4.37. The van der Waals surface area contributed by atoms with Gasteiger partial charge in [-0.1, -0.05) is 6.92 Å². The molecule has 1 aromatic heterocycles. The first-order valence-corrected chi connectivity index (χ1v) is 7.32. The van der Waals surface area contributed by atoms with Gasteiger partial charge in [0.25, 0.3) is 5.91 Å². The van der Waals surface area contributed by atoms with E-state index >= 15 is 0 Å². The van der Waals surface area contributed by atoms with Crippen molar-refractivity contribution in [3.8, 4) is 0 Å². The van der Waals surface area contributed by atoms with E-state index in [0.717, 1.165) is 30.6 Å². The zero-order valence-electron chi connectivity index (χ0n) is 12.1. The number of nitrogens with one attached hydrogen (secondary N) is 2. The van der Waals surface area contributed by atoms with E-state index in [9.17, 15) is 4.79 Å². The standard InChI is InChI=1S/C15H22N2O2.ClH/c1-3-13-9(2)6-14(19-13)15(18)17-12-7-10-4-5-11(8-12)16-10;/h6,10-12,16H,3-5,7-8H2,1-2H3,(H,17,18);1H. The average molecular weight is 299 g/mol. The number of carbonyl (C=O) groups is 1. The van der Waals surface area contributed by atoms with E-state index in [2.05, 4.69) is 10.6 Å². The van der Waals surface area contributed by atoms with Crippen molar-refractivity contribution in [2.45, 2.75) is 64.1 Å². The minimum atomic E-state index is -0.0610. The number of hydrogen-bond acceptors (Lipinski definition) is 3. The summed E-state index contributed by atoms with van der Waals surface area (Å²) in [6.45, 7) is 4.03. The van der Waals surface area contributed by atoms with Crippen molar-refractivity contribution in [3.05, 3.63) is 23.2 Å². The highest BCUT2D eigenvalue weighted by Crippen LogP contribution is 2.27. The van der Waals surface area contributed by atoms with Crippen molar-refractivity contribution in [1.82, 2.24) is 10.6 Å². The Kier molecular flexibility index (Phi) is 4.76. The molecule has 0 saturated carbocycles. The van der Waals surface area contributed by atoms with Crippen LogP contribution in [0.25, 0.3) is 0 Å². The minimum Gasteiger partial charge on any atom is -0.456 e. The molecule has 0 radical (unpaired) electrons. The van der Waals surface area contributed by atoms with Gasteiger partial charge in [0.05, 0.1) is 0 Å². The smallest absolute Gasteiger partial charge is 0.287 e. The fraction of sp³-hybridized carbons (Fsp3) is 0.667. The van der Waals surface area contributed by atoms with Gasteiger partial charge in [-0.3, -0.25) is 4.79 Å². The Morgan fingerprint density at radius 3 is 2.60 bits per heavy atom. The second kappa shape index (κ2) is 6.19. The number of carbonyl (C=O) groups excluding carboxylic acids is 1. The van der Waals surface area contributed by atoms with Gasteiger partial charge in [0, 0.05) is 24.5 Å². The maximum atomic E-state index is 12.2. The highest BCUT2D eigenvalue weighted by Gasteiger charge is 2.34. The lowest BCUT2D eigenvalue weighted by molar-refractivity contribution is 0.0894. The first kappa shape index (κ1) is 15.4. The summed E-state index contributed by atoms with van der Waals surface area (Å²) in [5, 5.41) is 6.71. The normalized spacial score (nSPS) is 28.0. The number of furan rings is 1. The number of fused-ring (bicyclic) bond motifs is 2. The van der Waals surface area contributed by atoms with Gasteiger partial charge in [-0.15, -0.1) is 12.4 Å². The molecule has 3 heterocycles. The van der Waals surface area contributed by atoms with Crippen molar-refractivity contribution >= 4 is 18.3 Å². The number of halogens is 1. The molecule has 2 aliphatic heterocycles. The molecular formula is C15H23ClN2O2. The van der Waals surface area contributed by atoms with E-state index in [-0.39, 0.29) is 18.3 Å². The molecule has 2 unspecified atom stereocenters. The zero-order chi connectivity index (χ0) is 13.4. The predicted molar refractivity (Wildman–Crippen MR) is 80.5 cm³/mol. The highest BCUT2D eigenvalue weighted by molar-refractivity contribution is 5.92. The van der Waals surface area contributed by atoms with Gasteiger partial charge in [0.15, 0.2) is 5.76 Å². The van der Waals surface area contributed by atoms with Crippen LogP contribution in [0.3, 0.4) is 0 Å². The molecule has 0 aliphatic carbocycles. The molecule has 1 aromatic rings. The van der Waals surface area contributed by atoms with Crippen molar-refractivity contribution in [3.63, 3.8) is 0 Å². The molecule has 0 spiro atoms. The van der Waals surface area contributed by atoms with Crippen LogP contribution < -0.4 is 10.6 Å². The lowest BCUT2D eigenvalue weighted by Crippen LogP contribution is -2.47. The molecule has 20 heavy (non-hydrogen) atoms. The first-order chi connectivity index (χ1) is 9.15. The highest BCUT2D eigenvalue weighted by atomic mass is 35.5. The summed E-state index contributed by atoms with van der Waals surface area (Å²) in [5.41, 5.74) is 1.07. The van der Waals surface area contributed by atoms with Gasteiger partial charge in [-0.2, -0.15) is 0 Å². The second-order valence-corrected chi connectivity index (χ2v) is 5.85. The average Bonchev–Trinajstić information content (AvgIpc) is 2.92. The van der Waals surface area contributed by atoms with Crippen LogP contribution in [0.1, 0.15) is 54.5 Å². The molecule has 1 amide bonds. The Bertz CT molecular complexity index is 474. The van der Waals surface area contributed by atoms with Crippen LogP contribution in [0.15, 0.2) is 10.5 Å². The molecule has 2 saturated heterocycles. The van der Waals surface area contributed by atoms with Crippen molar-refractivity contribution in [2.75, 3.05) is 0 Å². The number of hydrogen-bond donors (Lipinski definition) is 2. The summed E-state index contributed by atoms with van der Waals surface area (Å²) in [4.78, 5) is 12.2. The topological polar surface area (TPSA) is 54.3 Å². The zero-order valence-corrected chi connectivity index (χ0v) is 12.9. The number of aryl methyl sites for hydroxylation is 2. The molecular weight excluding hydrogens is 276 g/mol. The molecule has 0 aromatic carbocycles. The Hall–Kier alpha value is -1.00. The molecule has 112 valence electrons. The van der Waals surface area contributed by atoms with Crippen LogP contribution >= 0.6 is 12.4 Å². The van der Waals surface area contributed by atoms with E-state index in [1.54, 1.807) is 0 Å². The summed E-state index contributed by atoms with van der Waals surface area (Å²) in [6, 6.07) is 3.33. The van der Waals surface area contributed by atoms with Crippen LogP contribution in [0.5, 0.6) is 0 Å². The molecule has 2 bridgehead atoms. The molecule has 2 fully saturated rings. The van der Waals surface area contributed by atoms with Gasteiger partial charge in [-0.25, -0.2) is 0 Å². The predicted octanol–water partition coefficient (Wildman–Crippen LogP) is 2.59. The Balaban J connectivity index is 0.00000147. The Morgan fingerprint density at radius 2 is 2.05 bits per heavy atom. The first-order valence-electron chi connectivity index (χ1n) is 7.32. The van der Waals surface area contributed by atoms with Crippen LogP contribution in [0.2, 0.25) is 0 Å². The summed E-state index contributed by atoms with van der Waals surface area (Å²) in [6.07, 6.45) is 5.41. The summed E-state index contributed by atoms with van der Waals surface area (Å²) < 4.78 is 5.61. The van der Waals surface area contributed by atoms with Gasteiger partial charge in [-0.05, 0) is 44.2 Å². The Morgan fingerprint density at radius 1 is 1.40 bits per heavy atom. The molecule has 3 rings (SSSR count). The molecule has 2 N–H and O–H groups in total. The number of rotatable bonds is 3. The minimum absolute atomic E-state index is 0. The third-order valence-corrected chi connectivity index (χ3v) is 4.37. The van der Waals surface area contributed by atoms with Crippen LogP contribution in [-0.2, 0) is 6.42 Å². The number of amides is 1. The van der Waals surface area contributed by atoms with Crippen molar-refractivity contribution < 1.29 is 9.21 Å². The fourth-order valence-corrected chi connectivity index (χ4v) is 3.41. The van der Waals surface area contributed by atoms with Gasteiger partial charge >= 0.3 is 0 Å². The molecule has 5 heteroatoms. The lowest BCUT2D eigenvalue weighted by atomic mass is 10.00. The molecule has 4 nitrogen and oxygen atoms in total. The largest absolute Gasteiger partial charge is 0.456 e. The molecule has 2 atom stereocenters. The van der Waals surface area contributed by atoms with Crippen LogP contribution in [0, 0.1) is 6.92 Å². The van der Waals surface area contributed by atoms with E-state index in [1.807, 2.05) is 19.9 Å². The van der Waals surface area contributed by atoms with Crippen LogP contribution in [-0.4, -0.2) is 24.0 Å². The van der Waals surface area contributed by atoms with Gasteiger partial charge < -0.3 is 15.1 Å². The van der Waals surface area contributed by atoms with E-state index in [1.165, 1.54) is 12.8 Å². The van der Waals surface area contributed by atoms with Crippen molar-refractivity contribution in [2.24, 2.45) is 0 Å². The maximum absolute atomic E-state index is 12.2. The lowest BCUT2D eigenvalue weighted by Gasteiger charge is -2.29. The quantitative estimate of drug-likeness (QED) is 0.902. The van der Waals surface area contributed by atoms with Crippen molar-refractivity contribution in [1.29, 1.82) is 0 Å². The second-order valence-electron chi connectivity index (χ2n) is 5.85. The maximum Gasteiger partial charge on any atom is 0.287 e. The van der Waals surface area contributed by atoms with E-state index < -0.39 is 0 Å². The molecule has 2 aliphatic rings. The van der Waals surface area contributed by atoms with Crippen LogP contribution in [0.4, 0.5) is 0 Å². The van der Waals surface area contributed by atoms with Gasteiger partial charge in [0.1, 0.15) is 5.76 Å². The van der Waals surface area contributed by atoms with E-state index in [0.29, 0.717) is 23.9 Å².